The van der Waals surface area contributed by atoms with Crippen molar-refractivity contribution in [2.24, 2.45) is 0 Å². The predicted molar refractivity (Wildman–Crippen MR) is 74.1 cm³/mol. The zero-order valence-corrected chi connectivity index (χ0v) is 11.9. The molecular weight excluding hydrogens is 279 g/mol. The zero-order chi connectivity index (χ0) is 13.9. The van der Waals surface area contributed by atoms with Gasteiger partial charge in [0.2, 0.25) is 0 Å². The van der Waals surface area contributed by atoms with Gasteiger partial charge in [-0.15, -0.1) is 0 Å². The molecule has 0 atom stereocenters. The van der Waals surface area contributed by atoms with Crippen LogP contribution in [0.15, 0.2) is 12.1 Å². The molecule has 4 nitrogen and oxygen atoms in total. The first kappa shape index (κ1) is 15.0. The summed E-state index contributed by atoms with van der Waals surface area (Å²) in [6.45, 7) is 4.51. The van der Waals surface area contributed by atoms with Gasteiger partial charge in [-0.05, 0) is 26.2 Å². The first-order chi connectivity index (χ1) is 8.26. The number of anilines is 1. The molecule has 1 aromatic rings. The zero-order valence-electron chi connectivity index (χ0n) is 10.3. The maximum absolute atomic E-state index is 13.2. The lowest BCUT2D eigenvalue weighted by Gasteiger charge is -2.22. The van der Waals surface area contributed by atoms with Gasteiger partial charge in [-0.3, -0.25) is 10.1 Å². The number of nitrogens with zero attached hydrogens (tertiary/aromatic N) is 1. The van der Waals surface area contributed by atoms with E-state index < -0.39 is 10.7 Å². The molecule has 0 aliphatic carbocycles. The second-order valence-electron chi connectivity index (χ2n) is 4.36. The van der Waals surface area contributed by atoms with E-state index in [4.69, 9.17) is 11.6 Å². The van der Waals surface area contributed by atoms with Crippen molar-refractivity contribution in [3.63, 3.8) is 0 Å². The Bertz CT molecular complexity index is 469. The number of hydrogen-bond acceptors (Lipinski definition) is 4. The Hall–Kier alpha value is -1.01. The second kappa shape index (κ2) is 5.75. The Kier molecular flexibility index (Phi) is 4.81. The number of nitro groups is 1. The van der Waals surface area contributed by atoms with Crippen molar-refractivity contribution in [1.29, 1.82) is 0 Å². The highest BCUT2D eigenvalue weighted by atomic mass is 35.5. The van der Waals surface area contributed by atoms with E-state index in [1.165, 1.54) is 6.07 Å². The highest BCUT2D eigenvalue weighted by Crippen LogP contribution is 2.31. The molecule has 0 aromatic heterocycles. The Balaban J connectivity index is 3.01. The fraction of sp³-hybridized carbons (Fsp3) is 0.455. The SMILES string of the molecule is CSC(C)(C)CNc1cc(Cl)c(F)cc1[N+](=O)[O-]. The van der Waals surface area contributed by atoms with Gasteiger partial charge in [0.25, 0.3) is 5.69 Å². The third-order valence-electron chi connectivity index (χ3n) is 2.49. The lowest BCUT2D eigenvalue weighted by molar-refractivity contribution is -0.384. The molecule has 0 spiro atoms. The normalized spacial score (nSPS) is 11.4. The monoisotopic (exact) mass is 292 g/mol. The summed E-state index contributed by atoms with van der Waals surface area (Å²) in [5, 5.41) is 13.6. The fourth-order valence-corrected chi connectivity index (χ4v) is 1.59. The summed E-state index contributed by atoms with van der Waals surface area (Å²) in [7, 11) is 0. The van der Waals surface area contributed by atoms with Crippen LogP contribution in [0.3, 0.4) is 0 Å². The van der Waals surface area contributed by atoms with Crippen LogP contribution in [0, 0.1) is 15.9 Å². The van der Waals surface area contributed by atoms with Gasteiger partial charge in [-0.25, -0.2) is 4.39 Å². The quantitative estimate of drug-likeness (QED) is 0.660. The van der Waals surface area contributed by atoms with E-state index in [0.717, 1.165) is 6.07 Å². The van der Waals surface area contributed by atoms with Crippen LogP contribution in [0.1, 0.15) is 13.8 Å². The first-order valence-corrected chi connectivity index (χ1v) is 6.79. The molecule has 1 N–H and O–H groups in total. The Labute approximate surface area is 114 Å². The number of halogens is 2. The van der Waals surface area contributed by atoms with E-state index in [0.29, 0.717) is 6.54 Å². The minimum Gasteiger partial charge on any atom is -0.378 e. The largest absolute Gasteiger partial charge is 0.378 e. The molecule has 0 saturated heterocycles. The summed E-state index contributed by atoms with van der Waals surface area (Å²) in [5.41, 5.74) is -0.0812. The second-order valence-corrected chi connectivity index (χ2v) is 6.28. The molecule has 0 aliphatic heterocycles. The minimum absolute atomic E-state index is 0.0886. The number of hydrogen-bond donors (Lipinski definition) is 1. The first-order valence-electron chi connectivity index (χ1n) is 5.19. The van der Waals surface area contributed by atoms with Gasteiger partial charge >= 0.3 is 0 Å². The van der Waals surface area contributed by atoms with Crippen LogP contribution in [-0.4, -0.2) is 22.5 Å². The highest BCUT2D eigenvalue weighted by molar-refractivity contribution is 7.99. The van der Waals surface area contributed by atoms with Crippen LogP contribution in [-0.2, 0) is 0 Å². The molecule has 0 aliphatic rings. The molecule has 0 bridgehead atoms. The molecule has 1 aromatic carbocycles. The van der Waals surface area contributed by atoms with Crippen molar-refractivity contribution in [3.05, 3.63) is 33.1 Å². The lowest BCUT2D eigenvalue weighted by Crippen LogP contribution is -2.26. The average Bonchev–Trinajstić information content (AvgIpc) is 2.30. The molecular formula is C11H14ClFN2O2S. The molecule has 0 fully saturated rings. The van der Waals surface area contributed by atoms with E-state index >= 15 is 0 Å². The molecule has 0 radical (unpaired) electrons. The number of thioether (sulfide) groups is 1. The summed E-state index contributed by atoms with van der Waals surface area (Å²) in [4.78, 5) is 10.2. The van der Waals surface area contributed by atoms with E-state index in [1.807, 2.05) is 20.1 Å². The predicted octanol–water partition coefficient (Wildman–Crippen LogP) is 3.94. The van der Waals surface area contributed by atoms with Gasteiger partial charge in [0.05, 0.1) is 16.0 Å². The third-order valence-corrected chi connectivity index (χ3v) is 4.03. The van der Waals surface area contributed by atoms with Crippen molar-refractivity contribution in [1.82, 2.24) is 0 Å². The smallest absolute Gasteiger partial charge is 0.295 e. The number of nitro benzene ring substituents is 1. The van der Waals surface area contributed by atoms with Crippen LogP contribution < -0.4 is 5.32 Å². The summed E-state index contributed by atoms with van der Waals surface area (Å²) in [6, 6.07) is 2.07. The van der Waals surface area contributed by atoms with Crippen LogP contribution in [0.4, 0.5) is 15.8 Å². The molecule has 7 heteroatoms. The molecule has 0 heterocycles. The van der Waals surface area contributed by atoms with Crippen LogP contribution in [0.2, 0.25) is 5.02 Å². The number of nitrogens with one attached hydrogen (secondary N) is 1. The van der Waals surface area contributed by atoms with Gasteiger partial charge in [0.15, 0.2) is 0 Å². The van der Waals surface area contributed by atoms with Gasteiger partial charge < -0.3 is 5.32 Å². The summed E-state index contributed by atoms with van der Waals surface area (Å²) >= 11 is 7.26. The van der Waals surface area contributed by atoms with Crippen molar-refractivity contribution >= 4 is 34.7 Å². The Morgan fingerprint density at radius 1 is 1.56 bits per heavy atom. The van der Waals surface area contributed by atoms with Gasteiger partial charge in [0.1, 0.15) is 11.5 Å². The van der Waals surface area contributed by atoms with E-state index in [1.54, 1.807) is 11.8 Å². The summed E-state index contributed by atoms with van der Waals surface area (Å²) < 4.78 is 13.1. The van der Waals surface area contributed by atoms with Crippen LogP contribution >= 0.6 is 23.4 Å². The van der Waals surface area contributed by atoms with Crippen LogP contribution in [0.25, 0.3) is 0 Å². The van der Waals surface area contributed by atoms with Crippen LogP contribution in [0.5, 0.6) is 0 Å². The molecule has 0 unspecified atom stereocenters. The fourth-order valence-electron chi connectivity index (χ4n) is 1.21. The van der Waals surface area contributed by atoms with Gasteiger partial charge in [0, 0.05) is 11.3 Å². The number of rotatable bonds is 5. The lowest BCUT2D eigenvalue weighted by atomic mass is 10.2. The summed E-state index contributed by atoms with van der Waals surface area (Å²) in [6.07, 6.45) is 1.95. The van der Waals surface area contributed by atoms with Crippen molar-refractivity contribution < 1.29 is 9.31 Å². The van der Waals surface area contributed by atoms with Crippen molar-refractivity contribution in [3.8, 4) is 0 Å². The van der Waals surface area contributed by atoms with Crippen molar-refractivity contribution in [2.75, 3.05) is 18.1 Å². The maximum atomic E-state index is 13.2. The standard InChI is InChI=1S/C11H14ClFN2O2S/c1-11(2,18-3)6-14-9-4-7(12)8(13)5-10(9)15(16)17/h4-5,14H,6H2,1-3H3. The highest BCUT2D eigenvalue weighted by Gasteiger charge is 2.21. The molecule has 0 amide bonds. The maximum Gasteiger partial charge on any atom is 0.295 e. The molecule has 18 heavy (non-hydrogen) atoms. The molecule has 1 rings (SSSR count). The Morgan fingerprint density at radius 2 is 2.17 bits per heavy atom. The van der Waals surface area contributed by atoms with E-state index in [9.17, 15) is 14.5 Å². The Morgan fingerprint density at radius 3 is 2.67 bits per heavy atom. The van der Waals surface area contributed by atoms with E-state index in [2.05, 4.69) is 5.32 Å². The number of benzene rings is 1. The molecule has 100 valence electrons. The van der Waals surface area contributed by atoms with Gasteiger partial charge in [-0.1, -0.05) is 11.6 Å². The van der Waals surface area contributed by atoms with E-state index in [-0.39, 0.29) is 21.1 Å². The topological polar surface area (TPSA) is 55.2 Å². The average molecular weight is 293 g/mol. The minimum atomic E-state index is -0.793. The third kappa shape index (κ3) is 3.74. The van der Waals surface area contributed by atoms with Crippen molar-refractivity contribution in [2.45, 2.75) is 18.6 Å². The van der Waals surface area contributed by atoms with Gasteiger partial charge in [-0.2, -0.15) is 11.8 Å². The molecule has 0 saturated carbocycles. The summed E-state index contributed by atoms with van der Waals surface area (Å²) in [5.74, 6) is -0.793.